The van der Waals surface area contributed by atoms with Gasteiger partial charge in [-0.3, -0.25) is 4.90 Å². The van der Waals surface area contributed by atoms with E-state index in [2.05, 4.69) is 49.9 Å². The van der Waals surface area contributed by atoms with Crippen molar-refractivity contribution in [3.63, 3.8) is 0 Å². The first kappa shape index (κ1) is 20.3. The van der Waals surface area contributed by atoms with E-state index >= 15 is 0 Å². The number of piperidine rings is 1. The molecule has 4 rings (SSSR count). The highest BCUT2D eigenvalue weighted by molar-refractivity contribution is 5.48. The second-order valence-corrected chi connectivity index (χ2v) is 8.79. The van der Waals surface area contributed by atoms with E-state index < -0.39 is 0 Å². The molecule has 0 saturated carbocycles. The standard InChI is InChI=1S/C24H34N4O/c1-16-12-23(29-5)18(3)17(2)20(16)15-28-10-7-6-8-22(28)24-25-13-19-14-27(4)11-9-21(19)26-24/h12-13,22H,6-11,14-15H2,1-5H3/t22-/m1/s1. The third-order valence-corrected chi connectivity index (χ3v) is 6.84. The van der Waals surface area contributed by atoms with E-state index in [1.54, 1.807) is 7.11 Å². The summed E-state index contributed by atoms with van der Waals surface area (Å²) in [4.78, 5) is 14.8. The summed E-state index contributed by atoms with van der Waals surface area (Å²) in [5, 5.41) is 0. The number of benzene rings is 1. The van der Waals surface area contributed by atoms with E-state index in [0.717, 1.165) is 50.6 Å². The molecule has 0 aliphatic carbocycles. The van der Waals surface area contributed by atoms with Gasteiger partial charge in [-0.25, -0.2) is 9.97 Å². The van der Waals surface area contributed by atoms with E-state index in [4.69, 9.17) is 14.7 Å². The summed E-state index contributed by atoms with van der Waals surface area (Å²) in [5.74, 6) is 2.01. The largest absolute Gasteiger partial charge is 0.496 e. The van der Waals surface area contributed by atoms with Crippen molar-refractivity contribution in [1.29, 1.82) is 0 Å². The minimum atomic E-state index is 0.315. The molecule has 0 N–H and O–H groups in total. The van der Waals surface area contributed by atoms with E-state index in [9.17, 15) is 0 Å². The number of likely N-dealkylation sites (tertiary alicyclic amines) is 1. The summed E-state index contributed by atoms with van der Waals surface area (Å²) in [5.41, 5.74) is 7.88. The number of fused-ring (bicyclic) bond motifs is 1. The molecule has 0 bridgehead atoms. The Labute approximate surface area is 175 Å². The van der Waals surface area contributed by atoms with Crippen LogP contribution < -0.4 is 4.74 Å². The topological polar surface area (TPSA) is 41.5 Å². The smallest absolute Gasteiger partial charge is 0.145 e. The first-order chi connectivity index (χ1) is 14.0. The molecular formula is C24H34N4O. The van der Waals surface area contributed by atoms with E-state index in [1.165, 1.54) is 46.4 Å². The fourth-order valence-corrected chi connectivity index (χ4v) is 4.86. The zero-order valence-corrected chi connectivity index (χ0v) is 18.6. The van der Waals surface area contributed by atoms with Gasteiger partial charge < -0.3 is 9.64 Å². The lowest BCUT2D eigenvalue weighted by atomic mass is 9.94. The molecule has 5 heteroatoms. The van der Waals surface area contributed by atoms with Gasteiger partial charge in [-0.15, -0.1) is 0 Å². The summed E-state index contributed by atoms with van der Waals surface area (Å²) < 4.78 is 5.57. The van der Waals surface area contributed by atoms with Gasteiger partial charge in [0.25, 0.3) is 0 Å². The predicted octanol–water partition coefficient (Wildman–Crippen LogP) is 4.13. The normalized spacial score (nSPS) is 20.5. The summed E-state index contributed by atoms with van der Waals surface area (Å²) >= 11 is 0. The summed E-state index contributed by atoms with van der Waals surface area (Å²) in [6.45, 7) is 10.7. The SMILES string of the molecule is COc1cc(C)c(CN2CCCC[C@@H]2c2ncc3c(n2)CCN(C)C3)c(C)c1C. The Morgan fingerprint density at radius 3 is 2.76 bits per heavy atom. The quantitative estimate of drug-likeness (QED) is 0.780. The van der Waals surface area contributed by atoms with Crippen LogP contribution in [0, 0.1) is 20.8 Å². The van der Waals surface area contributed by atoms with Crippen LogP contribution in [0.15, 0.2) is 12.3 Å². The molecule has 2 aromatic rings. The molecule has 3 heterocycles. The Kier molecular flexibility index (Phi) is 5.88. The number of likely N-dealkylation sites (N-methyl/N-ethyl adjacent to an activating group) is 1. The molecule has 2 aliphatic rings. The molecule has 29 heavy (non-hydrogen) atoms. The van der Waals surface area contributed by atoms with Crippen LogP contribution in [0.25, 0.3) is 0 Å². The number of hydrogen-bond acceptors (Lipinski definition) is 5. The molecule has 5 nitrogen and oxygen atoms in total. The van der Waals surface area contributed by atoms with E-state index in [-0.39, 0.29) is 0 Å². The van der Waals surface area contributed by atoms with Crippen molar-refractivity contribution in [1.82, 2.24) is 19.8 Å². The average molecular weight is 395 g/mol. The first-order valence-corrected chi connectivity index (χ1v) is 10.9. The van der Waals surface area contributed by atoms with Crippen LogP contribution in [-0.2, 0) is 19.5 Å². The van der Waals surface area contributed by atoms with Crippen LogP contribution in [0.3, 0.4) is 0 Å². The Morgan fingerprint density at radius 2 is 1.97 bits per heavy atom. The molecule has 0 radical (unpaired) electrons. The molecule has 1 aromatic carbocycles. The van der Waals surface area contributed by atoms with Gasteiger partial charge in [-0.1, -0.05) is 6.42 Å². The molecule has 1 saturated heterocycles. The number of aryl methyl sites for hydroxylation is 1. The Hall–Kier alpha value is -1.98. The predicted molar refractivity (Wildman–Crippen MR) is 116 cm³/mol. The van der Waals surface area contributed by atoms with Crippen LogP contribution in [0.2, 0.25) is 0 Å². The Morgan fingerprint density at radius 1 is 1.14 bits per heavy atom. The molecule has 1 atom stereocenters. The lowest BCUT2D eigenvalue weighted by Crippen LogP contribution is -2.35. The molecule has 1 fully saturated rings. The maximum atomic E-state index is 5.57. The van der Waals surface area contributed by atoms with Gasteiger partial charge in [0.05, 0.1) is 13.2 Å². The van der Waals surface area contributed by atoms with Crippen LogP contribution >= 0.6 is 0 Å². The first-order valence-electron chi connectivity index (χ1n) is 10.9. The van der Waals surface area contributed by atoms with Crippen molar-refractivity contribution in [2.75, 3.05) is 27.2 Å². The summed E-state index contributed by atoms with van der Waals surface area (Å²) in [7, 11) is 3.92. The molecule has 0 unspecified atom stereocenters. The van der Waals surface area contributed by atoms with Gasteiger partial charge in [0.1, 0.15) is 11.6 Å². The number of aromatic nitrogens is 2. The van der Waals surface area contributed by atoms with E-state index in [0.29, 0.717) is 6.04 Å². The zero-order chi connectivity index (χ0) is 20.5. The van der Waals surface area contributed by atoms with Gasteiger partial charge in [-0.2, -0.15) is 0 Å². The van der Waals surface area contributed by atoms with Crippen LogP contribution in [-0.4, -0.2) is 47.0 Å². The molecule has 156 valence electrons. The highest BCUT2D eigenvalue weighted by Gasteiger charge is 2.28. The molecular weight excluding hydrogens is 360 g/mol. The number of methoxy groups -OCH3 is 1. The van der Waals surface area contributed by atoms with Gasteiger partial charge in [0.15, 0.2) is 0 Å². The van der Waals surface area contributed by atoms with Crippen molar-refractivity contribution in [3.05, 3.63) is 51.6 Å². The van der Waals surface area contributed by atoms with Gasteiger partial charge in [-0.05, 0) is 75.5 Å². The second kappa shape index (κ2) is 8.41. The molecule has 0 amide bonds. The van der Waals surface area contributed by atoms with Gasteiger partial charge >= 0.3 is 0 Å². The fourth-order valence-electron chi connectivity index (χ4n) is 4.86. The van der Waals surface area contributed by atoms with Crippen molar-refractivity contribution >= 4 is 0 Å². The van der Waals surface area contributed by atoms with Crippen molar-refractivity contribution in [2.45, 2.75) is 65.6 Å². The zero-order valence-electron chi connectivity index (χ0n) is 18.6. The molecule has 0 spiro atoms. The maximum Gasteiger partial charge on any atom is 0.145 e. The number of nitrogens with zero attached hydrogens (tertiary/aromatic N) is 4. The average Bonchev–Trinajstić information content (AvgIpc) is 2.73. The highest BCUT2D eigenvalue weighted by Crippen LogP contribution is 2.34. The third-order valence-electron chi connectivity index (χ3n) is 6.84. The highest BCUT2D eigenvalue weighted by atomic mass is 16.5. The second-order valence-electron chi connectivity index (χ2n) is 8.79. The lowest BCUT2D eigenvalue weighted by molar-refractivity contribution is 0.132. The van der Waals surface area contributed by atoms with Crippen molar-refractivity contribution in [2.24, 2.45) is 0 Å². The van der Waals surface area contributed by atoms with Crippen molar-refractivity contribution in [3.8, 4) is 5.75 Å². The van der Waals surface area contributed by atoms with Gasteiger partial charge in [0, 0.05) is 43.5 Å². The molecule has 2 aliphatic heterocycles. The minimum Gasteiger partial charge on any atom is -0.496 e. The lowest BCUT2D eigenvalue weighted by Gasteiger charge is -2.36. The number of ether oxygens (including phenoxy) is 1. The van der Waals surface area contributed by atoms with Crippen molar-refractivity contribution < 1.29 is 4.74 Å². The summed E-state index contributed by atoms with van der Waals surface area (Å²) in [6.07, 6.45) is 6.76. The van der Waals surface area contributed by atoms with E-state index in [1.807, 2.05) is 0 Å². The molecule has 1 aromatic heterocycles. The van der Waals surface area contributed by atoms with Crippen LogP contribution in [0.5, 0.6) is 5.75 Å². The van der Waals surface area contributed by atoms with Crippen LogP contribution in [0.1, 0.15) is 64.6 Å². The Bertz CT molecular complexity index is 895. The van der Waals surface area contributed by atoms with Gasteiger partial charge in [0.2, 0.25) is 0 Å². The van der Waals surface area contributed by atoms with Crippen LogP contribution in [0.4, 0.5) is 0 Å². The number of hydrogen-bond donors (Lipinski definition) is 0. The monoisotopic (exact) mass is 394 g/mol. The number of rotatable bonds is 4. The Balaban J connectivity index is 1.62. The summed E-state index contributed by atoms with van der Waals surface area (Å²) in [6, 6.07) is 2.50. The maximum absolute atomic E-state index is 5.57. The minimum absolute atomic E-state index is 0.315. The third kappa shape index (κ3) is 4.03. The fraction of sp³-hybridized carbons (Fsp3) is 0.583.